The van der Waals surface area contributed by atoms with Gasteiger partial charge < -0.3 is 15.8 Å². The number of fused-ring (bicyclic) bond motifs is 1. The molecule has 4 N–H and O–H groups in total. The summed E-state index contributed by atoms with van der Waals surface area (Å²) < 4.78 is 0. The summed E-state index contributed by atoms with van der Waals surface area (Å²) in [5.41, 5.74) is 8.74. The Labute approximate surface area is 108 Å². The van der Waals surface area contributed by atoms with Crippen LogP contribution in [0.25, 0.3) is 22.2 Å². The second kappa shape index (κ2) is 3.92. The summed E-state index contributed by atoms with van der Waals surface area (Å²) >= 11 is 5.94. The standard InChI is InChI=1S/C13H10ClN3O/c14-8-2-4-12(18)9(6-8)7-1-3-10-11(5-7)17-13(15)16-10/h1-6,18H,(H3,15,16,17). The molecule has 90 valence electrons. The molecule has 0 atom stereocenters. The summed E-state index contributed by atoms with van der Waals surface area (Å²) in [6, 6.07) is 10.5. The average molecular weight is 260 g/mol. The summed E-state index contributed by atoms with van der Waals surface area (Å²) in [6.07, 6.45) is 0. The first-order valence-electron chi connectivity index (χ1n) is 5.37. The average Bonchev–Trinajstić information content (AvgIpc) is 2.71. The smallest absolute Gasteiger partial charge is 0.198 e. The third kappa shape index (κ3) is 1.76. The molecule has 0 aliphatic rings. The predicted octanol–water partition coefficient (Wildman–Crippen LogP) is 3.17. The number of phenolic OH excluding ortho intramolecular Hbond substituents is 1. The molecule has 5 heteroatoms. The number of aromatic nitrogens is 2. The largest absolute Gasteiger partial charge is 0.507 e. The van der Waals surface area contributed by atoms with Gasteiger partial charge in [-0.15, -0.1) is 0 Å². The van der Waals surface area contributed by atoms with Gasteiger partial charge in [-0.3, -0.25) is 0 Å². The topological polar surface area (TPSA) is 74.9 Å². The number of aromatic amines is 1. The van der Waals surface area contributed by atoms with Crippen LogP contribution in [-0.4, -0.2) is 15.1 Å². The number of H-pyrrole nitrogens is 1. The highest BCUT2D eigenvalue weighted by Gasteiger charge is 2.07. The first-order chi connectivity index (χ1) is 8.63. The van der Waals surface area contributed by atoms with E-state index >= 15 is 0 Å². The van der Waals surface area contributed by atoms with Crippen molar-refractivity contribution >= 4 is 28.6 Å². The van der Waals surface area contributed by atoms with Gasteiger partial charge in [-0.25, -0.2) is 4.98 Å². The minimum absolute atomic E-state index is 0.186. The maximum absolute atomic E-state index is 9.86. The quantitative estimate of drug-likeness (QED) is 0.628. The van der Waals surface area contributed by atoms with Crippen LogP contribution in [0.4, 0.5) is 5.95 Å². The second-order valence-electron chi connectivity index (χ2n) is 4.02. The van der Waals surface area contributed by atoms with E-state index in [0.717, 1.165) is 16.6 Å². The number of rotatable bonds is 1. The van der Waals surface area contributed by atoms with E-state index in [4.69, 9.17) is 17.3 Å². The number of hydrogen-bond donors (Lipinski definition) is 3. The summed E-state index contributed by atoms with van der Waals surface area (Å²) in [4.78, 5) is 7.08. The monoisotopic (exact) mass is 259 g/mol. The summed E-state index contributed by atoms with van der Waals surface area (Å²) in [5.74, 6) is 0.559. The van der Waals surface area contributed by atoms with Crippen molar-refractivity contribution in [2.75, 3.05) is 5.73 Å². The van der Waals surface area contributed by atoms with E-state index in [9.17, 15) is 5.11 Å². The van der Waals surface area contributed by atoms with Crippen molar-refractivity contribution in [1.29, 1.82) is 0 Å². The molecule has 0 spiro atoms. The van der Waals surface area contributed by atoms with Crippen molar-refractivity contribution in [3.63, 3.8) is 0 Å². The van der Waals surface area contributed by atoms with E-state index in [0.29, 0.717) is 16.5 Å². The fourth-order valence-electron chi connectivity index (χ4n) is 1.94. The van der Waals surface area contributed by atoms with E-state index in [2.05, 4.69) is 9.97 Å². The van der Waals surface area contributed by atoms with Gasteiger partial charge in [-0.1, -0.05) is 17.7 Å². The van der Waals surface area contributed by atoms with Gasteiger partial charge in [0.25, 0.3) is 0 Å². The number of aromatic hydroxyl groups is 1. The first kappa shape index (κ1) is 10.9. The number of nitrogens with one attached hydrogen (secondary N) is 1. The van der Waals surface area contributed by atoms with Gasteiger partial charge in [0, 0.05) is 10.6 Å². The lowest BCUT2D eigenvalue weighted by Gasteiger charge is -2.05. The van der Waals surface area contributed by atoms with E-state index in [-0.39, 0.29) is 5.75 Å². The third-order valence-electron chi connectivity index (χ3n) is 2.77. The number of anilines is 1. The lowest BCUT2D eigenvalue weighted by atomic mass is 10.0. The Kier molecular flexibility index (Phi) is 2.38. The Morgan fingerprint density at radius 2 is 2.00 bits per heavy atom. The highest BCUT2D eigenvalue weighted by molar-refractivity contribution is 6.31. The predicted molar refractivity (Wildman–Crippen MR) is 72.6 cm³/mol. The first-order valence-corrected chi connectivity index (χ1v) is 5.75. The molecule has 3 aromatic rings. The van der Waals surface area contributed by atoms with Crippen LogP contribution in [0.2, 0.25) is 5.02 Å². The Morgan fingerprint density at radius 1 is 1.17 bits per heavy atom. The van der Waals surface area contributed by atoms with Gasteiger partial charge in [-0.05, 0) is 35.9 Å². The molecule has 2 aromatic carbocycles. The number of benzene rings is 2. The van der Waals surface area contributed by atoms with Gasteiger partial charge in [0.15, 0.2) is 5.95 Å². The highest BCUT2D eigenvalue weighted by atomic mass is 35.5. The molecular formula is C13H10ClN3O. The zero-order valence-corrected chi connectivity index (χ0v) is 10.1. The van der Waals surface area contributed by atoms with Crippen LogP contribution in [0.1, 0.15) is 0 Å². The number of nitrogen functional groups attached to an aromatic ring is 1. The number of phenols is 1. The number of hydrogen-bond acceptors (Lipinski definition) is 3. The van der Waals surface area contributed by atoms with Crippen LogP contribution < -0.4 is 5.73 Å². The van der Waals surface area contributed by atoms with Crippen molar-refractivity contribution in [3.8, 4) is 16.9 Å². The zero-order chi connectivity index (χ0) is 12.7. The molecule has 0 amide bonds. The molecular weight excluding hydrogens is 250 g/mol. The Hall–Kier alpha value is -2.20. The molecule has 18 heavy (non-hydrogen) atoms. The van der Waals surface area contributed by atoms with Crippen LogP contribution >= 0.6 is 11.6 Å². The summed E-state index contributed by atoms with van der Waals surface area (Å²) in [7, 11) is 0. The minimum Gasteiger partial charge on any atom is -0.507 e. The van der Waals surface area contributed by atoms with Crippen LogP contribution in [0.15, 0.2) is 36.4 Å². The fourth-order valence-corrected chi connectivity index (χ4v) is 2.11. The normalized spacial score (nSPS) is 10.9. The molecule has 0 saturated heterocycles. The summed E-state index contributed by atoms with van der Waals surface area (Å²) in [5, 5.41) is 10.4. The number of nitrogens with two attached hydrogens (primary N) is 1. The van der Waals surface area contributed by atoms with E-state index in [1.54, 1.807) is 18.2 Å². The zero-order valence-electron chi connectivity index (χ0n) is 9.31. The molecule has 0 unspecified atom stereocenters. The van der Waals surface area contributed by atoms with Gasteiger partial charge in [-0.2, -0.15) is 0 Å². The molecule has 0 radical (unpaired) electrons. The molecule has 0 aliphatic heterocycles. The number of imidazole rings is 1. The second-order valence-corrected chi connectivity index (χ2v) is 4.45. The number of halogens is 1. The lowest BCUT2D eigenvalue weighted by molar-refractivity contribution is 0.477. The third-order valence-corrected chi connectivity index (χ3v) is 3.00. The van der Waals surface area contributed by atoms with Crippen LogP contribution in [0, 0.1) is 0 Å². The van der Waals surface area contributed by atoms with E-state index < -0.39 is 0 Å². The Bertz CT molecular complexity index is 736. The molecule has 0 bridgehead atoms. The molecule has 0 aliphatic carbocycles. The van der Waals surface area contributed by atoms with Crippen LogP contribution in [0.3, 0.4) is 0 Å². The molecule has 0 fully saturated rings. The van der Waals surface area contributed by atoms with Gasteiger partial charge in [0.1, 0.15) is 5.75 Å². The lowest BCUT2D eigenvalue weighted by Crippen LogP contribution is -1.84. The van der Waals surface area contributed by atoms with Crippen molar-refractivity contribution in [3.05, 3.63) is 41.4 Å². The Morgan fingerprint density at radius 3 is 2.83 bits per heavy atom. The van der Waals surface area contributed by atoms with Gasteiger partial charge >= 0.3 is 0 Å². The number of nitrogens with zero attached hydrogens (tertiary/aromatic N) is 1. The summed E-state index contributed by atoms with van der Waals surface area (Å²) in [6.45, 7) is 0. The van der Waals surface area contributed by atoms with Crippen molar-refractivity contribution in [2.24, 2.45) is 0 Å². The molecule has 3 rings (SSSR count). The molecule has 1 aromatic heterocycles. The van der Waals surface area contributed by atoms with Crippen LogP contribution in [-0.2, 0) is 0 Å². The van der Waals surface area contributed by atoms with Crippen LogP contribution in [0.5, 0.6) is 5.75 Å². The maximum Gasteiger partial charge on any atom is 0.198 e. The maximum atomic E-state index is 9.86. The fraction of sp³-hybridized carbons (Fsp3) is 0. The minimum atomic E-state index is 0.186. The molecule has 4 nitrogen and oxygen atoms in total. The van der Waals surface area contributed by atoms with Crippen molar-refractivity contribution in [1.82, 2.24) is 9.97 Å². The van der Waals surface area contributed by atoms with Crippen molar-refractivity contribution < 1.29 is 5.11 Å². The van der Waals surface area contributed by atoms with Crippen molar-refractivity contribution in [2.45, 2.75) is 0 Å². The molecule has 1 heterocycles. The highest BCUT2D eigenvalue weighted by Crippen LogP contribution is 2.33. The van der Waals surface area contributed by atoms with E-state index in [1.165, 1.54) is 0 Å². The van der Waals surface area contributed by atoms with E-state index in [1.807, 2.05) is 18.2 Å². The van der Waals surface area contributed by atoms with Gasteiger partial charge in [0.05, 0.1) is 11.0 Å². The SMILES string of the molecule is Nc1nc2ccc(-c3cc(Cl)ccc3O)cc2[nH]1. The van der Waals surface area contributed by atoms with Gasteiger partial charge in [0.2, 0.25) is 0 Å². The Balaban J connectivity index is 2.21. The molecule has 0 saturated carbocycles.